The van der Waals surface area contributed by atoms with Gasteiger partial charge in [0.1, 0.15) is 11.9 Å². The van der Waals surface area contributed by atoms with E-state index in [9.17, 15) is 9.90 Å². The predicted octanol–water partition coefficient (Wildman–Crippen LogP) is 4.18. The number of benzene rings is 1. The van der Waals surface area contributed by atoms with Crippen LogP contribution in [-0.4, -0.2) is 33.6 Å². The Hall–Kier alpha value is -2.50. The van der Waals surface area contributed by atoms with E-state index in [0.29, 0.717) is 18.4 Å². The van der Waals surface area contributed by atoms with Gasteiger partial charge in [-0.25, -0.2) is 4.68 Å². The van der Waals surface area contributed by atoms with E-state index in [1.165, 1.54) is 0 Å². The molecule has 2 aliphatic carbocycles. The first-order valence-electron chi connectivity index (χ1n) is 10.5. The Morgan fingerprint density at radius 1 is 1.31 bits per heavy atom. The number of ether oxygens (including phenoxy) is 2. The molecule has 2 atom stereocenters. The zero-order chi connectivity index (χ0) is 20.5. The molecule has 1 heterocycles. The fourth-order valence-electron chi connectivity index (χ4n) is 4.38. The molecule has 156 valence electrons. The topological polar surface area (TPSA) is 73.6 Å². The number of hydrogen-bond donors (Lipinski definition) is 1. The van der Waals surface area contributed by atoms with Crippen LogP contribution in [0.1, 0.15) is 49.8 Å². The molecule has 0 bridgehead atoms. The molecule has 6 nitrogen and oxygen atoms in total. The number of carboxylic acids is 1. The Kier molecular flexibility index (Phi) is 5.52. The van der Waals surface area contributed by atoms with Gasteiger partial charge in [-0.2, -0.15) is 5.10 Å². The second-order valence-corrected chi connectivity index (χ2v) is 8.70. The average Bonchev–Trinajstić information content (AvgIpc) is 3.42. The van der Waals surface area contributed by atoms with Crippen LogP contribution in [0.4, 0.5) is 0 Å². The highest BCUT2D eigenvalue weighted by Crippen LogP contribution is 2.47. The van der Waals surface area contributed by atoms with Gasteiger partial charge >= 0.3 is 5.97 Å². The monoisotopic (exact) mass is 398 g/mol. The molecule has 2 fully saturated rings. The normalized spacial score (nSPS) is 23.1. The maximum atomic E-state index is 11.5. The van der Waals surface area contributed by atoms with Crippen molar-refractivity contribution < 1.29 is 19.4 Å². The van der Waals surface area contributed by atoms with E-state index in [1.807, 2.05) is 51.2 Å². The van der Waals surface area contributed by atoms with Gasteiger partial charge < -0.3 is 14.6 Å². The Labute approximate surface area is 171 Å². The third-order valence-electron chi connectivity index (χ3n) is 6.23. The molecule has 0 radical (unpaired) electrons. The lowest BCUT2D eigenvalue weighted by Crippen LogP contribution is -2.37. The molecule has 1 aromatic heterocycles. The summed E-state index contributed by atoms with van der Waals surface area (Å²) >= 11 is 0. The number of aryl methyl sites for hydroxylation is 2. The highest BCUT2D eigenvalue weighted by atomic mass is 16.5. The van der Waals surface area contributed by atoms with Crippen LogP contribution in [0.5, 0.6) is 11.6 Å². The minimum absolute atomic E-state index is 0.0693. The van der Waals surface area contributed by atoms with Crippen LogP contribution in [0, 0.1) is 24.7 Å². The lowest BCUT2D eigenvalue weighted by Gasteiger charge is -2.35. The summed E-state index contributed by atoms with van der Waals surface area (Å²) in [6.07, 6.45) is 4.41. The van der Waals surface area contributed by atoms with Crippen LogP contribution in [-0.2, 0) is 11.8 Å². The van der Waals surface area contributed by atoms with Crippen molar-refractivity contribution in [2.45, 2.75) is 51.6 Å². The minimum atomic E-state index is -0.725. The van der Waals surface area contributed by atoms with Gasteiger partial charge in [0.05, 0.1) is 18.2 Å². The number of rotatable bonds is 9. The van der Waals surface area contributed by atoms with Crippen LogP contribution in [0.15, 0.2) is 30.3 Å². The van der Waals surface area contributed by atoms with E-state index in [2.05, 4.69) is 5.10 Å². The molecule has 0 aliphatic heterocycles. The van der Waals surface area contributed by atoms with Gasteiger partial charge in [-0.3, -0.25) is 4.79 Å². The van der Waals surface area contributed by atoms with E-state index in [-0.39, 0.29) is 17.9 Å². The molecule has 2 aromatic rings. The summed E-state index contributed by atoms with van der Waals surface area (Å²) in [4.78, 5) is 11.5. The summed E-state index contributed by atoms with van der Waals surface area (Å²) in [5, 5.41) is 13.8. The molecular weight excluding hydrogens is 368 g/mol. The van der Waals surface area contributed by atoms with Crippen molar-refractivity contribution in [2.75, 3.05) is 6.61 Å². The van der Waals surface area contributed by atoms with Crippen LogP contribution < -0.4 is 9.47 Å². The Morgan fingerprint density at radius 3 is 2.69 bits per heavy atom. The van der Waals surface area contributed by atoms with Gasteiger partial charge in [-0.05, 0) is 68.1 Å². The summed E-state index contributed by atoms with van der Waals surface area (Å²) in [5.74, 6) is 1.58. The summed E-state index contributed by atoms with van der Waals surface area (Å²) in [6.45, 7) is 4.44. The smallest absolute Gasteiger partial charge is 0.306 e. The second-order valence-electron chi connectivity index (χ2n) is 8.70. The van der Waals surface area contributed by atoms with Crippen LogP contribution in [0.25, 0.3) is 0 Å². The second kappa shape index (κ2) is 8.09. The highest BCUT2D eigenvalue weighted by Gasteiger charge is 2.38. The van der Waals surface area contributed by atoms with Crippen molar-refractivity contribution >= 4 is 5.97 Å². The number of aromatic nitrogens is 2. The molecule has 1 aromatic carbocycles. The molecule has 0 spiro atoms. The number of nitrogens with zero attached hydrogens (tertiary/aromatic N) is 2. The van der Waals surface area contributed by atoms with Crippen molar-refractivity contribution in [3.63, 3.8) is 0 Å². The molecule has 6 heteroatoms. The largest absolute Gasteiger partial charge is 0.493 e. The zero-order valence-electron chi connectivity index (χ0n) is 17.4. The molecule has 0 saturated heterocycles. The fraction of sp³-hybridized carbons (Fsp3) is 0.565. The SMILES string of the molecule is Cc1cc(OC2CC(COc3cccc(C(C4CC4)[C@H](C)C(=O)O)c3)C2)n(C)n1. The average molecular weight is 399 g/mol. The number of carbonyl (C=O) groups is 1. The van der Waals surface area contributed by atoms with Gasteiger partial charge in [0.15, 0.2) is 0 Å². The van der Waals surface area contributed by atoms with Gasteiger partial charge in [-0.15, -0.1) is 0 Å². The van der Waals surface area contributed by atoms with Crippen molar-refractivity contribution in [2.24, 2.45) is 24.8 Å². The lowest BCUT2D eigenvalue weighted by atomic mass is 9.82. The fourth-order valence-corrected chi connectivity index (χ4v) is 4.38. The first-order valence-corrected chi connectivity index (χ1v) is 10.5. The minimum Gasteiger partial charge on any atom is -0.493 e. The lowest BCUT2D eigenvalue weighted by molar-refractivity contribution is -0.142. The van der Waals surface area contributed by atoms with Crippen molar-refractivity contribution in [1.29, 1.82) is 0 Å². The molecule has 4 rings (SSSR count). The van der Waals surface area contributed by atoms with E-state index in [1.54, 1.807) is 4.68 Å². The maximum Gasteiger partial charge on any atom is 0.306 e. The summed E-state index contributed by atoms with van der Waals surface area (Å²) in [7, 11) is 1.90. The predicted molar refractivity (Wildman–Crippen MR) is 109 cm³/mol. The summed E-state index contributed by atoms with van der Waals surface area (Å²) in [5.41, 5.74) is 2.05. The number of carboxylic acid groups (broad SMARTS) is 1. The van der Waals surface area contributed by atoms with E-state index in [4.69, 9.17) is 9.47 Å². The van der Waals surface area contributed by atoms with E-state index >= 15 is 0 Å². The van der Waals surface area contributed by atoms with Gasteiger partial charge in [0, 0.05) is 13.1 Å². The van der Waals surface area contributed by atoms with Crippen molar-refractivity contribution in [3.8, 4) is 11.6 Å². The Balaban J connectivity index is 1.29. The molecule has 29 heavy (non-hydrogen) atoms. The van der Waals surface area contributed by atoms with Crippen molar-refractivity contribution in [3.05, 3.63) is 41.6 Å². The number of aliphatic carboxylic acids is 1. The molecule has 1 unspecified atom stereocenters. The maximum absolute atomic E-state index is 11.5. The third kappa shape index (κ3) is 4.57. The van der Waals surface area contributed by atoms with E-state index in [0.717, 1.165) is 48.6 Å². The van der Waals surface area contributed by atoms with Crippen molar-refractivity contribution in [1.82, 2.24) is 9.78 Å². The quantitative estimate of drug-likeness (QED) is 0.686. The van der Waals surface area contributed by atoms with Crippen LogP contribution in [0.2, 0.25) is 0 Å². The molecule has 2 saturated carbocycles. The van der Waals surface area contributed by atoms with Gasteiger partial charge in [0.2, 0.25) is 5.88 Å². The van der Waals surface area contributed by atoms with Gasteiger partial charge in [0.25, 0.3) is 0 Å². The first-order chi connectivity index (χ1) is 13.9. The Morgan fingerprint density at radius 2 is 2.07 bits per heavy atom. The standard InChI is InChI=1S/C23H30N2O4/c1-14-9-21(25(3)24-14)29-20-10-16(11-20)13-28-19-6-4-5-18(12-19)22(17-7-8-17)15(2)23(26)27/h4-6,9,12,15-17,20,22H,7-8,10-11,13H2,1-3H3,(H,26,27)/t15-,16?,20?,22?/m0/s1. The first kappa shape index (κ1) is 19.8. The highest BCUT2D eigenvalue weighted by molar-refractivity contribution is 5.71. The zero-order valence-corrected chi connectivity index (χ0v) is 17.4. The molecule has 1 N–H and O–H groups in total. The molecular formula is C23H30N2O4. The number of hydrogen-bond acceptors (Lipinski definition) is 4. The van der Waals surface area contributed by atoms with Crippen LogP contribution in [0.3, 0.4) is 0 Å². The van der Waals surface area contributed by atoms with Crippen LogP contribution >= 0.6 is 0 Å². The summed E-state index contributed by atoms with van der Waals surface area (Å²) < 4.78 is 13.8. The Bertz CT molecular complexity index is 868. The summed E-state index contributed by atoms with van der Waals surface area (Å²) in [6, 6.07) is 9.98. The molecule has 0 amide bonds. The molecule has 2 aliphatic rings. The third-order valence-corrected chi connectivity index (χ3v) is 6.23. The van der Waals surface area contributed by atoms with Gasteiger partial charge in [-0.1, -0.05) is 19.1 Å². The van der Waals surface area contributed by atoms with E-state index < -0.39 is 5.97 Å².